The van der Waals surface area contributed by atoms with Crippen molar-refractivity contribution in [3.63, 3.8) is 0 Å². The van der Waals surface area contributed by atoms with Crippen LogP contribution in [0, 0.1) is 6.92 Å². The normalized spacial score (nSPS) is 10.7. The highest BCUT2D eigenvalue weighted by atomic mass is 32.2. The van der Waals surface area contributed by atoms with Crippen LogP contribution in [0.4, 0.5) is 5.82 Å². The molecule has 0 aliphatic heterocycles. The minimum absolute atomic E-state index is 0.117. The number of hydrogen-bond donors (Lipinski definition) is 1. The zero-order chi connectivity index (χ0) is 16.2. The lowest BCUT2D eigenvalue weighted by molar-refractivity contribution is -0.113. The minimum Gasteiger partial charge on any atom is -0.310 e. The predicted molar refractivity (Wildman–Crippen MR) is 92.6 cm³/mol. The van der Waals surface area contributed by atoms with Gasteiger partial charge in [-0.2, -0.15) is 0 Å². The van der Waals surface area contributed by atoms with Crippen molar-refractivity contribution in [2.45, 2.75) is 12.1 Å². The van der Waals surface area contributed by atoms with E-state index in [0.717, 1.165) is 16.4 Å². The first-order valence-corrected chi connectivity index (χ1v) is 8.79. The molecule has 0 saturated carbocycles. The molecule has 0 aliphatic carbocycles. The molecule has 1 amide bonds. The molecule has 0 atom stereocenters. The van der Waals surface area contributed by atoms with Gasteiger partial charge < -0.3 is 9.88 Å². The summed E-state index contributed by atoms with van der Waals surface area (Å²) in [6.07, 6.45) is 0. The molecular weight excluding hydrogens is 330 g/mol. The van der Waals surface area contributed by atoms with Gasteiger partial charge in [0.1, 0.15) is 5.82 Å². The third kappa shape index (κ3) is 3.77. The maximum absolute atomic E-state index is 12.0. The standard InChI is InChI=1S/C15H15N5OS2/c1-10-5-3-7-12(16-10)17-13(21)9-23-15-19-18-14(20(15)2)11-6-4-8-22-11/h3-8H,9H2,1-2H3,(H,16,17,21). The number of amides is 1. The number of rotatable bonds is 5. The number of aryl methyl sites for hydroxylation is 1. The van der Waals surface area contributed by atoms with Gasteiger partial charge in [0.15, 0.2) is 11.0 Å². The Morgan fingerprint density at radius 3 is 2.91 bits per heavy atom. The van der Waals surface area contributed by atoms with Crippen LogP contribution in [0.5, 0.6) is 0 Å². The molecule has 0 bridgehead atoms. The second kappa shape index (κ2) is 6.93. The fourth-order valence-corrected chi connectivity index (χ4v) is 3.44. The second-order valence-corrected chi connectivity index (χ2v) is 6.73. The van der Waals surface area contributed by atoms with E-state index < -0.39 is 0 Å². The zero-order valence-electron chi connectivity index (χ0n) is 12.7. The Morgan fingerprint density at radius 1 is 1.30 bits per heavy atom. The number of carbonyl (C=O) groups excluding carboxylic acids is 1. The van der Waals surface area contributed by atoms with Gasteiger partial charge in [-0.1, -0.05) is 23.9 Å². The van der Waals surface area contributed by atoms with Crippen LogP contribution in [0.3, 0.4) is 0 Å². The van der Waals surface area contributed by atoms with Crippen molar-refractivity contribution in [3.8, 4) is 10.7 Å². The van der Waals surface area contributed by atoms with Crippen LogP contribution in [0.1, 0.15) is 5.69 Å². The Kier molecular flexibility index (Phi) is 4.73. The number of pyridine rings is 1. The fourth-order valence-electron chi connectivity index (χ4n) is 1.98. The minimum atomic E-state index is -0.117. The number of hydrogen-bond acceptors (Lipinski definition) is 6. The van der Waals surface area contributed by atoms with Crippen molar-refractivity contribution in [3.05, 3.63) is 41.4 Å². The first-order chi connectivity index (χ1) is 11.1. The lowest BCUT2D eigenvalue weighted by Gasteiger charge is -2.05. The maximum atomic E-state index is 12.0. The highest BCUT2D eigenvalue weighted by Gasteiger charge is 2.13. The largest absolute Gasteiger partial charge is 0.310 e. The van der Waals surface area contributed by atoms with Gasteiger partial charge in [-0.3, -0.25) is 4.79 Å². The first kappa shape index (κ1) is 15.7. The summed E-state index contributed by atoms with van der Waals surface area (Å²) in [7, 11) is 1.90. The molecule has 23 heavy (non-hydrogen) atoms. The number of nitrogens with zero attached hydrogens (tertiary/aromatic N) is 4. The number of carbonyl (C=O) groups is 1. The summed E-state index contributed by atoms with van der Waals surface area (Å²) < 4.78 is 1.90. The molecule has 118 valence electrons. The van der Waals surface area contributed by atoms with E-state index in [0.29, 0.717) is 11.0 Å². The molecule has 0 unspecified atom stereocenters. The SMILES string of the molecule is Cc1cccc(NC(=O)CSc2nnc(-c3cccs3)n2C)n1. The van der Waals surface area contributed by atoms with Gasteiger partial charge in [0.25, 0.3) is 0 Å². The molecule has 0 fully saturated rings. The van der Waals surface area contributed by atoms with E-state index in [-0.39, 0.29) is 11.7 Å². The Hall–Kier alpha value is -2.19. The lowest BCUT2D eigenvalue weighted by Crippen LogP contribution is -2.15. The fraction of sp³-hybridized carbons (Fsp3) is 0.200. The summed E-state index contributed by atoms with van der Waals surface area (Å²) in [5, 5.41) is 13.8. The van der Waals surface area contributed by atoms with Gasteiger partial charge in [0.05, 0.1) is 10.6 Å². The maximum Gasteiger partial charge on any atom is 0.236 e. The molecule has 8 heteroatoms. The van der Waals surface area contributed by atoms with Crippen molar-refractivity contribution >= 4 is 34.8 Å². The highest BCUT2D eigenvalue weighted by molar-refractivity contribution is 7.99. The monoisotopic (exact) mass is 345 g/mol. The van der Waals surface area contributed by atoms with Gasteiger partial charge in [0.2, 0.25) is 5.91 Å². The van der Waals surface area contributed by atoms with Crippen LogP contribution in [-0.4, -0.2) is 31.4 Å². The van der Waals surface area contributed by atoms with Crippen LogP contribution in [-0.2, 0) is 11.8 Å². The molecule has 0 spiro atoms. The number of thioether (sulfide) groups is 1. The molecule has 3 aromatic heterocycles. The van der Waals surface area contributed by atoms with E-state index in [1.54, 1.807) is 17.4 Å². The summed E-state index contributed by atoms with van der Waals surface area (Å²) in [6.45, 7) is 1.88. The van der Waals surface area contributed by atoms with Gasteiger partial charge in [-0.25, -0.2) is 4.98 Å². The summed E-state index contributed by atoms with van der Waals surface area (Å²) in [5.74, 6) is 1.51. The Balaban J connectivity index is 1.61. The lowest BCUT2D eigenvalue weighted by atomic mass is 10.4. The van der Waals surface area contributed by atoms with E-state index in [4.69, 9.17) is 0 Å². The van der Waals surface area contributed by atoms with E-state index in [1.807, 2.05) is 48.2 Å². The van der Waals surface area contributed by atoms with Crippen molar-refractivity contribution in [2.24, 2.45) is 7.05 Å². The molecular formula is C15H15N5OS2. The first-order valence-electron chi connectivity index (χ1n) is 6.93. The molecule has 0 aliphatic rings. The number of anilines is 1. The molecule has 0 aromatic carbocycles. The van der Waals surface area contributed by atoms with Gasteiger partial charge in [-0.15, -0.1) is 21.5 Å². The van der Waals surface area contributed by atoms with Gasteiger partial charge in [0, 0.05) is 12.7 Å². The van der Waals surface area contributed by atoms with E-state index in [9.17, 15) is 4.79 Å². The average molecular weight is 345 g/mol. The average Bonchev–Trinajstić information content (AvgIpc) is 3.15. The summed E-state index contributed by atoms with van der Waals surface area (Å²) in [5.41, 5.74) is 0.865. The van der Waals surface area contributed by atoms with Crippen molar-refractivity contribution < 1.29 is 4.79 Å². The molecule has 1 N–H and O–H groups in total. The highest BCUT2D eigenvalue weighted by Crippen LogP contribution is 2.25. The van der Waals surface area contributed by atoms with Gasteiger partial charge in [-0.05, 0) is 30.5 Å². The van der Waals surface area contributed by atoms with E-state index in [1.165, 1.54) is 11.8 Å². The van der Waals surface area contributed by atoms with Crippen LogP contribution in [0.25, 0.3) is 10.7 Å². The Bertz CT molecular complexity index is 813. The van der Waals surface area contributed by atoms with Crippen LogP contribution in [0.15, 0.2) is 40.9 Å². The Morgan fingerprint density at radius 2 is 2.17 bits per heavy atom. The summed E-state index contributed by atoms with van der Waals surface area (Å²) in [6, 6.07) is 9.49. The zero-order valence-corrected chi connectivity index (χ0v) is 14.3. The molecule has 0 radical (unpaired) electrons. The van der Waals surface area contributed by atoms with Gasteiger partial charge >= 0.3 is 0 Å². The van der Waals surface area contributed by atoms with Crippen molar-refractivity contribution in [1.29, 1.82) is 0 Å². The molecule has 3 aromatic rings. The van der Waals surface area contributed by atoms with E-state index >= 15 is 0 Å². The molecule has 3 rings (SSSR count). The summed E-state index contributed by atoms with van der Waals surface area (Å²) in [4.78, 5) is 17.3. The van der Waals surface area contributed by atoms with Crippen molar-refractivity contribution in [2.75, 3.05) is 11.1 Å². The molecule has 6 nitrogen and oxygen atoms in total. The number of aromatic nitrogens is 4. The second-order valence-electron chi connectivity index (χ2n) is 4.84. The van der Waals surface area contributed by atoms with Crippen molar-refractivity contribution in [1.82, 2.24) is 19.7 Å². The Labute approximate surface area is 142 Å². The third-order valence-electron chi connectivity index (χ3n) is 3.06. The quantitative estimate of drug-likeness (QED) is 0.720. The molecule has 0 saturated heterocycles. The number of thiophene rings is 1. The predicted octanol–water partition coefficient (Wildman–Crippen LogP) is 2.98. The van der Waals surface area contributed by atoms with Crippen LogP contribution < -0.4 is 5.32 Å². The third-order valence-corrected chi connectivity index (χ3v) is 4.95. The topological polar surface area (TPSA) is 72.7 Å². The smallest absolute Gasteiger partial charge is 0.236 e. The van der Waals surface area contributed by atoms with Crippen LogP contribution >= 0.6 is 23.1 Å². The number of nitrogens with one attached hydrogen (secondary N) is 1. The molecule has 3 heterocycles. The van der Waals surface area contributed by atoms with Crippen LogP contribution in [0.2, 0.25) is 0 Å². The van der Waals surface area contributed by atoms with E-state index in [2.05, 4.69) is 20.5 Å². The summed E-state index contributed by atoms with van der Waals surface area (Å²) >= 11 is 2.96.